The Morgan fingerprint density at radius 2 is 1.73 bits per heavy atom. The lowest BCUT2D eigenvalue weighted by molar-refractivity contribution is -0.139. The molecule has 7 heteroatoms. The van der Waals surface area contributed by atoms with Crippen LogP contribution >= 0.6 is 24.0 Å². The van der Waals surface area contributed by atoms with E-state index >= 15 is 0 Å². The van der Waals surface area contributed by atoms with Crippen molar-refractivity contribution in [3.63, 3.8) is 0 Å². The molecule has 0 bridgehead atoms. The van der Waals surface area contributed by atoms with Crippen molar-refractivity contribution in [2.24, 2.45) is 10.9 Å². The number of aliphatic imine (C=N–C) groups is 1. The number of hydrogen-bond donors (Lipinski definition) is 1. The molecule has 4 rings (SSSR count). The summed E-state index contributed by atoms with van der Waals surface area (Å²) in [5.74, 6) is 1.76. The summed E-state index contributed by atoms with van der Waals surface area (Å²) in [5, 5.41) is 3.49. The van der Waals surface area contributed by atoms with Crippen molar-refractivity contribution < 1.29 is 4.79 Å². The molecule has 0 atom stereocenters. The van der Waals surface area contributed by atoms with E-state index in [9.17, 15) is 4.79 Å². The maximum absolute atomic E-state index is 12.4. The summed E-state index contributed by atoms with van der Waals surface area (Å²) in [7, 11) is 0. The van der Waals surface area contributed by atoms with E-state index in [2.05, 4.69) is 63.3 Å². The normalized spacial score (nSPS) is 20.2. The second kappa shape index (κ2) is 13.3. The van der Waals surface area contributed by atoms with Crippen molar-refractivity contribution in [2.75, 3.05) is 58.9 Å². The van der Waals surface area contributed by atoms with Crippen LogP contribution in [0.2, 0.25) is 0 Å². The number of nitrogens with zero attached hydrogens (tertiary/aromatic N) is 4. The second-order valence-electron chi connectivity index (χ2n) is 9.23. The highest BCUT2D eigenvalue weighted by molar-refractivity contribution is 14.0. The molecular formula is C26H40IN5O. The largest absolute Gasteiger partial charge is 0.357 e. The van der Waals surface area contributed by atoms with E-state index in [-0.39, 0.29) is 24.0 Å². The predicted octanol–water partition coefficient (Wildman–Crippen LogP) is 3.69. The molecule has 0 unspecified atom stereocenters. The number of nitrogens with one attached hydrogen (secondary N) is 1. The van der Waals surface area contributed by atoms with E-state index in [0.29, 0.717) is 11.8 Å². The third kappa shape index (κ3) is 7.44. The third-order valence-electron chi connectivity index (χ3n) is 7.03. The Hall–Kier alpha value is -1.61. The van der Waals surface area contributed by atoms with Crippen LogP contribution in [-0.2, 0) is 4.79 Å². The summed E-state index contributed by atoms with van der Waals surface area (Å²) >= 11 is 0. The van der Waals surface area contributed by atoms with Crippen molar-refractivity contribution in [3.8, 4) is 0 Å². The van der Waals surface area contributed by atoms with Gasteiger partial charge in [-0.15, -0.1) is 24.0 Å². The predicted molar refractivity (Wildman–Crippen MR) is 147 cm³/mol. The summed E-state index contributed by atoms with van der Waals surface area (Å²) in [6.45, 7) is 10.5. The smallest absolute Gasteiger partial charge is 0.225 e. The molecule has 1 N–H and O–H groups in total. The SMILES string of the molecule is CCNC(=NCCN1CCN(C(=O)C2CCC2)CC1)N1CCC(=Cc2ccccc2)CC1.I. The Kier molecular flexibility index (Phi) is 10.5. The average molecular weight is 566 g/mol. The zero-order valence-electron chi connectivity index (χ0n) is 20.0. The summed E-state index contributed by atoms with van der Waals surface area (Å²) in [4.78, 5) is 24.3. The van der Waals surface area contributed by atoms with Crippen LogP contribution in [0, 0.1) is 5.92 Å². The molecule has 182 valence electrons. The Bertz CT molecular complexity index is 790. The maximum atomic E-state index is 12.4. The van der Waals surface area contributed by atoms with Crippen molar-refractivity contribution in [2.45, 2.75) is 39.0 Å². The molecule has 1 saturated carbocycles. The Labute approximate surface area is 216 Å². The fraction of sp³-hybridized carbons (Fsp3) is 0.615. The van der Waals surface area contributed by atoms with Crippen LogP contribution < -0.4 is 5.32 Å². The monoisotopic (exact) mass is 565 g/mol. The molecule has 6 nitrogen and oxygen atoms in total. The zero-order chi connectivity index (χ0) is 22.2. The van der Waals surface area contributed by atoms with Gasteiger partial charge in [0, 0.05) is 58.3 Å². The molecule has 3 aliphatic rings. The molecule has 0 aromatic heterocycles. The summed E-state index contributed by atoms with van der Waals surface area (Å²) in [6.07, 6.45) is 7.95. The standard InChI is InChI=1S/C26H39N5O.HI/c1-2-27-26(31-14-11-23(12-15-31)21-22-7-4-3-5-8-22)28-13-16-29-17-19-30(20-18-29)25(32)24-9-6-10-24;/h3-5,7-8,21,24H,2,6,9-20H2,1H3,(H,27,28);1H. The Balaban J connectivity index is 0.00000306. The van der Waals surface area contributed by atoms with Gasteiger partial charge in [-0.1, -0.05) is 48.4 Å². The number of piperazine rings is 1. The number of halogens is 1. The van der Waals surface area contributed by atoms with Gasteiger partial charge < -0.3 is 15.1 Å². The highest BCUT2D eigenvalue weighted by Gasteiger charge is 2.31. The first-order valence-corrected chi connectivity index (χ1v) is 12.5. The summed E-state index contributed by atoms with van der Waals surface area (Å²) < 4.78 is 0. The topological polar surface area (TPSA) is 51.2 Å². The lowest BCUT2D eigenvalue weighted by Crippen LogP contribution is -2.51. The van der Waals surface area contributed by atoms with Gasteiger partial charge in [-0.2, -0.15) is 0 Å². The van der Waals surface area contributed by atoms with Gasteiger partial charge in [0.2, 0.25) is 5.91 Å². The van der Waals surface area contributed by atoms with Crippen LogP contribution in [-0.4, -0.2) is 85.5 Å². The minimum atomic E-state index is 0. The minimum absolute atomic E-state index is 0. The summed E-state index contributed by atoms with van der Waals surface area (Å²) in [6, 6.07) is 10.6. The molecule has 0 radical (unpaired) electrons. The van der Waals surface area contributed by atoms with E-state index in [0.717, 1.165) is 90.5 Å². The van der Waals surface area contributed by atoms with Crippen molar-refractivity contribution in [1.29, 1.82) is 0 Å². The van der Waals surface area contributed by atoms with Crippen LogP contribution in [0.5, 0.6) is 0 Å². The van der Waals surface area contributed by atoms with E-state index in [1.807, 2.05) is 0 Å². The van der Waals surface area contributed by atoms with Crippen LogP contribution in [0.15, 0.2) is 40.9 Å². The van der Waals surface area contributed by atoms with E-state index in [4.69, 9.17) is 4.99 Å². The van der Waals surface area contributed by atoms with E-state index in [1.54, 1.807) is 0 Å². The number of carbonyl (C=O) groups excluding carboxylic acids is 1. The number of hydrogen-bond acceptors (Lipinski definition) is 3. The van der Waals surface area contributed by atoms with Gasteiger partial charge in [0.05, 0.1) is 6.54 Å². The molecule has 3 fully saturated rings. The first kappa shape index (κ1) is 26.0. The number of piperidine rings is 1. The molecule has 33 heavy (non-hydrogen) atoms. The van der Waals surface area contributed by atoms with Gasteiger partial charge in [0.1, 0.15) is 0 Å². The third-order valence-corrected chi connectivity index (χ3v) is 7.03. The number of likely N-dealkylation sites (tertiary alicyclic amines) is 1. The van der Waals surface area contributed by atoms with Gasteiger partial charge in [-0.3, -0.25) is 14.7 Å². The quantitative estimate of drug-likeness (QED) is 0.325. The number of carbonyl (C=O) groups is 1. The molecular weight excluding hydrogens is 525 g/mol. The van der Waals surface area contributed by atoms with Crippen LogP contribution in [0.25, 0.3) is 6.08 Å². The lowest BCUT2D eigenvalue weighted by Gasteiger charge is -2.38. The van der Waals surface area contributed by atoms with Crippen molar-refractivity contribution in [3.05, 3.63) is 41.5 Å². The maximum Gasteiger partial charge on any atom is 0.225 e. The van der Waals surface area contributed by atoms with Gasteiger partial charge in [-0.25, -0.2) is 0 Å². The highest BCUT2D eigenvalue weighted by Crippen LogP contribution is 2.28. The zero-order valence-corrected chi connectivity index (χ0v) is 22.4. The average Bonchev–Trinajstić information content (AvgIpc) is 2.79. The fourth-order valence-electron chi connectivity index (χ4n) is 4.76. The molecule has 1 amide bonds. The van der Waals surface area contributed by atoms with Gasteiger partial charge in [0.25, 0.3) is 0 Å². The fourth-order valence-corrected chi connectivity index (χ4v) is 4.76. The van der Waals surface area contributed by atoms with E-state index < -0.39 is 0 Å². The van der Waals surface area contributed by atoms with Crippen molar-refractivity contribution >= 4 is 41.9 Å². The number of guanidine groups is 1. The second-order valence-corrected chi connectivity index (χ2v) is 9.23. The van der Waals surface area contributed by atoms with E-state index in [1.165, 1.54) is 17.6 Å². The first-order valence-electron chi connectivity index (χ1n) is 12.5. The minimum Gasteiger partial charge on any atom is -0.357 e. The number of benzene rings is 1. The molecule has 1 aromatic carbocycles. The highest BCUT2D eigenvalue weighted by atomic mass is 127. The first-order chi connectivity index (χ1) is 15.7. The van der Waals surface area contributed by atoms with Crippen molar-refractivity contribution in [1.82, 2.24) is 20.0 Å². The van der Waals surface area contributed by atoms with Crippen LogP contribution in [0.3, 0.4) is 0 Å². The summed E-state index contributed by atoms with van der Waals surface area (Å²) in [5.41, 5.74) is 2.82. The lowest BCUT2D eigenvalue weighted by atomic mass is 9.84. The Morgan fingerprint density at radius 1 is 1.03 bits per heavy atom. The molecule has 2 aliphatic heterocycles. The number of amides is 1. The van der Waals surface area contributed by atoms with Crippen LogP contribution in [0.1, 0.15) is 44.6 Å². The molecule has 1 aromatic rings. The van der Waals surface area contributed by atoms with Gasteiger partial charge >= 0.3 is 0 Å². The molecule has 1 aliphatic carbocycles. The van der Waals surface area contributed by atoms with Gasteiger partial charge in [0.15, 0.2) is 5.96 Å². The van der Waals surface area contributed by atoms with Crippen LogP contribution in [0.4, 0.5) is 0 Å². The number of rotatable bonds is 6. The molecule has 0 spiro atoms. The molecule has 2 saturated heterocycles. The van der Waals surface area contributed by atoms with Gasteiger partial charge in [-0.05, 0) is 38.2 Å². The molecule has 2 heterocycles. The Morgan fingerprint density at radius 3 is 2.33 bits per heavy atom.